The molecule has 0 saturated carbocycles. The summed E-state index contributed by atoms with van der Waals surface area (Å²) in [5.41, 5.74) is 1.59. The highest BCUT2D eigenvalue weighted by molar-refractivity contribution is 7.17. The number of amides is 2. The molecule has 27 heavy (non-hydrogen) atoms. The molecule has 6 nitrogen and oxygen atoms in total. The Hall–Kier alpha value is -1.89. The number of rotatable bonds is 4. The maximum absolute atomic E-state index is 12.8. The van der Waals surface area contributed by atoms with Crippen molar-refractivity contribution in [2.75, 3.05) is 25.5 Å². The summed E-state index contributed by atoms with van der Waals surface area (Å²) in [6.45, 7) is 5.02. The molecule has 1 aromatic rings. The molecular formula is C20H28N2O4S. The smallest absolute Gasteiger partial charge is 0.341 e. The quantitative estimate of drug-likeness (QED) is 0.798. The van der Waals surface area contributed by atoms with Crippen LogP contribution in [0.4, 0.5) is 5.00 Å². The van der Waals surface area contributed by atoms with Crippen molar-refractivity contribution in [2.45, 2.75) is 52.4 Å². The summed E-state index contributed by atoms with van der Waals surface area (Å²) in [5.74, 6) is -0.438. The van der Waals surface area contributed by atoms with Crippen molar-refractivity contribution < 1.29 is 19.1 Å². The van der Waals surface area contributed by atoms with E-state index in [-0.39, 0.29) is 29.6 Å². The topological polar surface area (TPSA) is 75.7 Å². The van der Waals surface area contributed by atoms with Crippen LogP contribution in [0.5, 0.6) is 0 Å². The standard InChI is InChI=1S/C20H28N2O4S/c1-12(2)19(24)22-10-8-13(9-11-22)17(23)21-18-16(20(25)26-3)14-6-4-5-7-15(14)27-18/h12-13H,4-11H2,1-3H3,(H,21,23). The van der Waals surface area contributed by atoms with Crippen LogP contribution in [0.15, 0.2) is 0 Å². The average molecular weight is 393 g/mol. The maximum Gasteiger partial charge on any atom is 0.341 e. The number of carbonyl (C=O) groups is 3. The molecule has 0 radical (unpaired) electrons. The monoisotopic (exact) mass is 392 g/mol. The predicted octanol–water partition coefficient (Wildman–Crippen LogP) is 3.25. The number of piperidine rings is 1. The van der Waals surface area contributed by atoms with Crippen molar-refractivity contribution in [1.82, 2.24) is 4.90 Å². The molecule has 2 heterocycles. The first kappa shape index (κ1) is 19.9. The first-order chi connectivity index (χ1) is 12.9. The van der Waals surface area contributed by atoms with E-state index in [1.807, 2.05) is 18.7 Å². The van der Waals surface area contributed by atoms with Gasteiger partial charge in [0, 0.05) is 29.8 Å². The van der Waals surface area contributed by atoms with Gasteiger partial charge in [-0.15, -0.1) is 11.3 Å². The zero-order chi connectivity index (χ0) is 19.6. The van der Waals surface area contributed by atoms with E-state index in [0.717, 1.165) is 31.2 Å². The summed E-state index contributed by atoms with van der Waals surface area (Å²) < 4.78 is 4.96. The van der Waals surface area contributed by atoms with E-state index in [2.05, 4.69) is 5.32 Å². The van der Waals surface area contributed by atoms with Gasteiger partial charge in [-0.05, 0) is 44.1 Å². The molecule has 7 heteroatoms. The molecule has 2 aliphatic rings. The molecule has 1 N–H and O–H groups in total. The molecule has 0 unspecified atom stereocenters. The Morgan fingerprint density at radius 3 is 2.44 bits per heavy atom. The number of hydrogen-bond donors (Lipinski definition) is 1. The number of anilines is 1. The molecular weight excluding hydrogens is 364 g/mol. The van der Waals surface area contributed by atoms with Crippen molar-refractivity contribution in [2.24, 2.45) is 11.8 Å². The van der Waals surface area contributed by atoms with Gasteiger partial charge in [0.25, 0.3) is 0 Å². The van der Waals surface area contributed by atoms with Crippen LogP contribution in [0.2, 0.25) is 0 Å². The van der Waals surface area contributed by atoms with Crippen molar-refractivity contribution in [3.05, 3.63) is 16.0 Å². The van der Waals surface area contributed by atoms with E-state index in [4.69, 9.17) is 4.74 Å². The Morgan fingerprint density at radius 1 is 1.15 bits per heavy atom. The number of nitrogens with one attached hydrogen (secondary N) is 1. The molecule has 1 aliphatic carbocycles. The van der Waals surface area contributed by atoms with E-state index in [0.29, 0.717) is 36.5 Å². The lowest BCUT2D eigenvalue weighted by molar-refractivity contribution is -0.137. The first-order valence-corrected chi connectivity index (χ1v) is 10.6. The van der Waals surface area contributed by atoms with Gasteiger partial charge in [-0.2, -0.15) is 0 Å². The van der Waals surface area contributed by atoms with Crippen LogP contribution >= 0.6 is 11.3 Å². The Morgan fingerprint density at radius 2 is 1.81 bits per heavy atom. The fourth-order valence-corrected chi connectivity index (χ4v) is 5.19. The number of ether oxygens (including phenoxy) is 1. The fraction of sp³-hybridized carbons (Fsp3) is 0.650. The number of nitrogens with zero attached hydrogens (tertiary/aromatic N) is 1. The second-order valence-electron chi connectivity index (χ2n) is 7.65. The molecule has 1 saturated heterocycles. The SMILES string of the molecule is COC(=O)c1c(NC(=O)C2CCN(C(=O)C(C)C)CC2)sc2c1CCCC2. The summed E-state index contributed by atoms with van der Waals surface area (Å²) >= 11 is 1.51. The minimum atomic E-state index is -0.373. The third-order valence-corrected chi connectivity index (χ3v) is 6.68. The van der Waals surface area contributed by atoms with Crippen LogP contribution in [-0.2, 0) is 27.2 Å². The molecule has 0 aromatic carbocycles. The van der Waals surface area contributed by atoms with Crippen LogP contribution < -0.4 is 5.32 Å². The molecule has 2 amide bonds. The second kappa shape index (κ2) is 8.42. The minimum absolute atomic E-state index is 0.0181. The lowest BCUT2D eigenvalue weighted by atomic mass is 9.94. The number of methoxy groups -OCH3 is 1. The molecule has 148 valence electrons. The molecule has 1 aromatic heterocycles. The molecule has 0 bridgehead atoms. The predicted molar refractivity (Wildman–Crippen MR) is 105 cm³/mol. The van der Waals surface area contributed by atoms with Gasteiger partial charge in [0.15, 0.2) is 0 Å². The van der Waals surface area contributed by atoms with Crippen LogP contribution in [-0.4, -0.2) is 42.9 Å². The first-order valence-electron chi connectivity index (χ1n) is 9.74. The summed E-state index contributed by atoms with van der Waals surface area (Å²) in [5, 5.41) is 3.62. The van der Waals surface area contributed by atoms with E-state index in [1.165, 1.54) is 23.3 Å². The number of esters is 1. The van der Waals surface area contributed by atoms with E-state index < -0.39 is 0 Å². The Bertz CT molecular complexity index is 733. The highest BCUT2D eigenvalue weighted by Gasteiger charge is 2.31. The zero-order valence-corrected chi connectivity index (χ0v) is 17.1. The van der Waals surface area contributed by atoms with E-state index in [1.54, 1.807) is 0 Å². The number of carbonyl (C=O) groups excluding carboxylic acids is 3. The van der Waals surface area contributed by atoms with Crippen LogP contribution in [0, 0.1) is 11.8 Å². The van der Waals surface area contributed by atoms with Crippen LogP contribution in [0.3, 0.4) is 0 Å². The lowest BCUT2D eigenvalue weighted by Crippen LogP contribution is -2.43. The third-order valence-electron chi connectivity index (χ3n) is 5.47. The van der Waals surface area contributed by atoms with Gasteiger partial charge < -0.3 is 15.0 Å². The Labute approximate surface area is 164 Å². The summed E-state index contributed by atoms with van der Waals surface area (Å²) in [6.07, 6.45) is 5.30. The normalized spacial score (nSPS) is 17.6. The van der Waals surface area contributed by atoms with Crippen molar-refractivity contribution in [3.8, 4) is 0 Å². The van der Waals surface area contributed by atoms with E-state index in [9.17, 15) is 14.4 Å². The van der Waals surface area contributed by atoms with Gasteiger partial charge in [-0.1, -0.05) is 13.8 Å². The van der Waals surface area contributed by atoms with Crippen molar-refractivity contribution >= 4 is 34.1 Å². The second-order valence-corrected chi connectivity index (χ2v) is 8.76. The summed E-state index contributed by atoms with van der Waals surface area (Å²) in [6, 6.07) is 0. The van der Waals surface area contributed by atoms with Crippen LogP contribution in [0.25, 0.3) is 0 Å². The van der Waals surface area contributed by atoms with Gasteiger partial charge in [-0.3, -0.25) is 9.59 Å². The van der Waals surface area contributed by atoms with Crippen molar-refractivity contribution in [3.63, 3.8) is 0 Å². The van der Waals surface area contributed by atoms with Gasteiger partial charge in [0.2, 0.25) is 11.8 Å². The number of thiophene rings is 1. The number of aryl methyl sites for hydroxylation is 1. The van der Waals surface area contributed by atoms with Crippen molar-refractivity contribution in [1.29, 1.82) is 0 Å². The average Bonchev–Trinajstić information content (AvgIpc) is 3.04. The molecule has 1 aliphatic heterocycles. The third kappa shape index (κ3) is 4.18. The van der Waals surface area contributed by atoms with Gasteiger partial charge in [0.05, 0.1) is 12.7 Å². The minimum Gasteiger partial charge on any atom is -0.465 e. The summed E-state index contributed by atoms with van der Waals surface area (Å²) in [4.78, 5) is 40.2. The maximum atomic E-state index is 12.8. The number of hydrogen-bond acceptors (Lipinski definition) is 5. The highest BCUT2D eigenvalue weighted by atomic mass is 32.1. The molecule has 1 fully saturated rings. The van der Waals surface area contributed by atoms with Gasteiger partial charge in [-0.25, -0.2) is 4.79 Å². The zero-order valence-electron chi connectivity index (χ0n) is 16.3. The lowest BCUT2D eigenvalue weighted by Gasteiger charge is -2.32. The Kier molecular flexibility index (Phi) is 6.19. The largest absolute Gasteiger partial charge is 0.465 e. The van der Waals surface area contributed by atoms with Gasteiger partial charge >= 0.3 is 5.97 Å². The van der Waals surface area contributed by atoms with Gasteiger partial charge in [0.1, 0.15) is 5.00 Å². The summed E-state index contributed by atoms with van der Waals surface area (Å²) in [7, 11) is 1.38. The molecule has 0 atom stereocenters. The Balaban J connectivity index is 1.69. The molecule has 0 spiro atoms. The molecule has 3 rings (SSSR count). The highest BCUT2D eigenvalue weighted by Crippen LogP contribution is 2.39. The van der Waals surface area contributed by atoms with E-state index >= 15 is 0 Å². The number of fused-ring (bicyclic) bond motifs is 1. The van der Waals surface area contributed by atoms with Crippen LogP contribution in [0.1, 0.15) is 60.3 Å². The fourth-order valence-electron chi connectivity index (χ4n) is 3.91. The number of likely N-dealkylation sites (tertiary alicyclic amines) is 1.